The highest BCUT2D eigenvalue weighted by Gasteiger charge is 2.15. The smallest absolute Gasteiger partial charge is 0.251 e. The van der Waals surface area contributed by atoms with Crippen molar-refractivity contribution in [2.45, 2.75) is 32.1 Å². The third-order valence-corrected chi connectivity index (χ3v) is 3.99. The Kier molecular flexibility index (Phi) is 5.08. The van der Waals surface area contributed by atoms with E-state index in [0.29, 0.717) is 22.3 Å². The van der Waals surface area contributed by atoms with Gasteiger partial charge in [0.1, 0.15) is 5.75 Å². The predicted octanol–water partition coefficient (Wildman–Crippen LogP) is 3.66. The van der Waals surface area contributed by atoms with Crippen molar-refractivity contribution in [2.75, 3.05) is 13.7 Å². The van der Waals surface area contributed by atoms with Gasteiger partial charge in [-0.2, -0.15) is 0 Å². The first kappa shape index (κ1) is 14.2. The van der Waals surface area contributed by atoms with Crippen LogP contribution in [0.5, 0.6) is 5.75 Å². The van der Waals surface area contributed by atoms with Crippen LogP contribution in [-0.4, -0.2) is 19.6 Å². The molecular weight excluding hydrogens is 262 g/mol. The van der Waals surface area contributed by atoms with E-state index in [1.54, 1.807) is 25.3 Å². The summed E-state index contributed by atoms with van der Waals surface area (Å²) in [7, 11) is 1.56. The summed E-state index contributed by atoms with van der Waals surface area (Å²) in [6.45, 7) is 0.766. The van der Waals surface area contributed by atoms with E-state index >= 15 is 0 Å². The van der Waals surface area contributed by atoms with Crippen molar-refractivity contribution >= 4 is 17.5 Å². The van der Waals surface area contributed by atoms with Crippen LogP contribution in [0.4, 0.5) is 0 Å². The number of halogens is 1. The van der Waals surface area contributed by atoms with Gasteiger partial charge in [0.05, 0.1) is 12.1 Å². The maximum atomic E-state index is 12.0. The molecule has 1 aromatic rings. The molecule has 1 amide bonds. The summed E-state index contributed by atoms with van der Waals surface area (Å²) in [5.41, 5.74) is 0.585. The molecule has 0 aliphatic heterocycles. The van der Waals surface area contributed by atoms with Crippen molar-refractivity contribution in [3.05, 3.63) is 28.8 Å². The Morgan fingerprint density at radius 2 is 2.11 bits per heavy atom. The summed E-state index contributed by atoms with van der Waals surface area (Å²) >= 11 is 6.02. The lowest BCUT2D eigenvalue weighted by Gasteiger charge is -2.21. The normalized spacial score (nSPS) is 16.1. The van der Waals surface area contributed by atoms with Gasteiger partial charge >= 0.3 is 0 Å². The average molecular weight is 282 g/mol. The highest BCUT2D eigenvalue weighted by molar-refractivity contribution is 6.32. The maximum Gasteiger partial charge on any atom is 0.251 e. The van der Waals surface area contributed by atoms with Gasteiger partial charge < -0.3 is 10.1 Å². The lowest BCUT2D eigenvalue weighted by Crippen LogP contribution is -2.30. The van der Waals surface area contributed by atoms with Crippen molar-refractivity contribution in [1.29, 1.82) is 0 Å². The van der Waals surface area contributed by atoms with Crippen LogP contribution in [0.25, 0.3) is 0 Å². The zero-order valence-corrected chi connectivity index (χ0v) is 12.0. The number of carbonyl (C=O) groups excluding carboxylic acids is 1. The van der Waals surface area contributed by atoms with E-state index in [9.17, 15) is 4.79 Å². The second-order valence-corrected chi connectivity index (χ2v) is 5.47. The van der Waals surface area contributed by atoms with E-state index in [1.807, 2.05) is 0 Å². The average Bonchev–Trinajstić information content (AvgIpc) is 2.45. The largest absolute Gasteiger partial charge is 0.495 e. The molecule has 1 aliphatic carbocycles. The molecule has 3 nitrogen and oxygen atoms in total. The van der Waals surface area contributed by atoms with Crippen LogP contribution in [0.1, 0.15) is 42.5 Å². The van der Waals surface area contributed by atoms with Crippen molar-refractivity contribution in [3.63, 3.8) is 0 Å². The molecule has 4 heteroatoms. The molecule has 1 aromatic carbocycles. The van der Waals surface area contributed by atoms with Crippen LogP contribution in [0, 0.1) is 5.92 Å². The Morgan fingerprint density at radius 1 is 1.37 bits per heavy atom. The van der Waals surface area contributed by atoms with Crippen molar-refractivity contribution in [3.8, 4) is 5.75 Å². The van der Waals surface area contributed by atoms with Crippen LogP contribution in [0.15, 0.2) is 18.2 Å². The van der Waals surface area contributed by atoms with Gasteiger partial charge in [0.2, 0.25) is 0 Å². The predicted molar refractivity (Wildman–Crippen MR) is 76.9 cm³/mol. The molecule has 104 valence electrons. The molecular formula is C15H20ClNO2. The Bertz CT molecular complexity index is 442. The Labute approximate surface area is 119 Å². The quantitative estimate of drug-likeness (QED) is 0.915. The van der Waals surface area contributed by atoms with Gasteiger partial charge in [-0.05, 0) is 37.0 Å². The number of rotatable bonds is 4. The summed E-state index contributed by atoms with van der Waals surface area (Å²) in [6.07, 6.45) is 6.36. The highest BCUT2D eigenvalue weighted by atomic mass is 35.5. The number of hydrogen-bond donors (Lipinski definition) is 1. The van der Waals surface area contributed by atoms with Crippen molar-refractivity contribution in [1.82, 2.24) is 5.32 Å². The molecule has 0 heterocycles. The van der Waals surface area contributed by atoms with E-state index in [-0.39, 0.29) is 5.91 Å². The number of ether oxygens (including phenoxy) is 1. The van der Waals surface area contributed by atoms with Crippen molar-refractivity contribution < 1.29 is 9.53 Å². The second kappa shape index (κ2) is 6.80. The molecule has 1 saturated carbocycles. The molecule has 0 radical (unpaired) electrons. The standard InChI is InChI=1S/C15H20ClNO2/c1-19-14-8-7-12(9-13(14)16)15(18)17-10-11-5-3-2-4-6-11/h7-9,11H,2-6,10H2,1H3,(H,17,18). The van der Waals surface area contributed by atoms with Crippen LogP contribution < -0.4 is 10.1 Å². The van der Waals surface area contributed by atoms with Crippen LogP contribution in [0.2, 0.25) is 5.02 Å². The van der Waals surface area contributed by atoms with Crippen LogP contribution in [-0.2, 0) is 0 Å². The maximum absolute atomic E-state index is 12.0. The Morgan fingerprint density at radius 3 is 2.74 bits per heavy atom. The van der Waals surface area contributed by atoms with Gasteiger partial charge in [-0.15, -0.1) is 0 Å². The van der Waals surface area contributed by atoms with Crippen LogP contribution in [0.3, 0.4) is 0 Å². The zero-order valence-electron chi connectivity index (χ0n) is 11.2. The summed E-state index contributed by atoms with van der Waals surface area (Å²) < 4.78 is 5.07. The summed E-state index contributed by atoms with van der Waals surface area (Å²) in [4.78, 5) is 12.0. The lowest BCUT2D eigenvalue weighted by molar-refractivity contribution is 0.0943. The Hall–Kier alpha value is -1.22. The van der Waals surface area contributed by atoms with Gasteiger partial charge in [0.25, 0.3) is 5.91 Å². The van der Waals surface area contributed by atoms with Crippen molar-refractivity contribution in [2.24, 2.45) is 5.92 Å². The number of benzene rings is 1. The summed E-state index contributed by atoms with van der Waals surface area (Å²) in [5.74, 6) is 1.16. The van der Waals surface area contributed by atoms with E-state index in [4.69, 9.17) is 16.3 Å². The van der Waals surface area contributed by atoms with E-state index in [1.165, 1.54) is 32.1 Å². The minimum atomic E-state index is -0.0601. The molecule has 2 rings (SSSR count). The van der Waals surface area contributed by atoms with Gasteiger partial charge in [-0.25, -0.2) is 0 Å². The molecule has 0 atom stereocenters. The molecule has 0 bridgehead atoms. The van der Waals surface area contributed by atoms with Gasteiger partial charge in [-0.1, -0.05) is 30.9 Å². The van der Waals surface area contributed by atoms with E-state index in [0.717, 1.165) is 6.54 Å². The van der Waals surface area contributed by atoms with Crippen LogP contribution >= 0.6 is 11.6 Å². The first-order valence-electron chi connectivity index (χ1n) is 6.82. The lowest BCUT2D eigenvalue weighted by atomic mass is 9.89. The van der Waals surface area contributed by atoms with E-state index in [2.05, 4.69) is 5.32 Å². The number of nitrogens with one attached hydrogen (secondary N) is 1. The van der Waals surface area contributed by atoms with Gasteiger partial charge in [0.15, 0.2) is 0 Å². The molecule has 0 unspecified atom stereocenters. The highest BCUT2D eigenvalue weighted by Crippen LogP contribution is 2.25. The fraction of sp³-hybridized carbons (Fsp3) is 0.533. The first-order chi connectivity index (χ1) is 9.20. The minimum absolute atomic E-state index is 0.0601. The molecule has 1 N–H and O–H groups in total. The fourth-order valence-electron chi connectivity index (χ4n) is 2.54. The number of carbonyl (C=O) groups is 1. The molecule has 1 aliphatic rings. The third-order valence-electron chi connectivity index (χ3n) is 3.69. The molecule has 0 aromatic heterocycles. The first-order valence-corrected chi connectivity index (χ1v) is 7.20. The topological polar surface area (TPSA) is 38.3 Å². The monoisotopic (exact) mass is 281 g/mol. The fourth-order valence-corrected chi connectivity index (χ4v) is 2.80. The van der Waals surface area contributed by atoms with Gasteiger partial charge in [-0.3, -0.25) is 4.79 Å². The molecule has 1 fully saturated rings. The second-order valence-electron chi connectivity index (χ2n) is 5.06. The van der Waals surface area contributed by atoms with Gasteiger partial charge in [0, 0.05) is 12.1 Å². The van der Waals surface area contributed by atoms with E-state index < -0.39 is 0 Å². The number of amides is 1. The Balaban J connectivity index is 1.90. The number of hydrogen-bond acceptors (Lipinski definition) is 2. The SMILES string of the molecule is COc1ccc(C(=O)NCC2CCCCC2)cc1Cl. The number of methoxy groups -OCH3 is 1. The summed E-state index contributed by atoms with van der Waals surface area (Å²) in [5, 5.41) is 3.46. The molecule has 0 saturated heterocycles. The third kappa shape index (κ3) is 3.87. The zero-order chi connectivity index (χ0) is 13.7. The molecule has 0 spiro atoms. The molecule has 19 heavy (non-hydrogen) atoms. The minimum Gasteiger partial charge on any atom is -0.495 e. The summed E-state index contributed by atoms with van der Waals surface area (Å²) in [6, 6.07) is 5.11.